The van der Waals surface area contributed by atoms with E-state index >= 15 is 0 Å². The first-order valence-corrected chi connectivity index (χ1v) is 20.1. The van der Waals surface area contributed by atoms with Crippen LogP contribution in [0.15, 0.2) is 206 Å². The lowest BCUT2D eigenvalue weighted by molar-refractivity contribution is 0.867. The minimum Gasteiger partial charge on any atom is -0.381 e. The minimum absolute atomic E-state index is 0.394. The summed E-state index contributed by atoms with van der Waals surface area (Å²) in [6.07, 6.45) is 2.25. The summed E-state index contributed by atoms with van der Waals surface area (Å²) in [6, 6.07) is 72.1. The predicted octanol–water partition coefficient (Wildman–Crippen LogP) is 14.3. The van der Waals surface area contributed by atoms with Crippen LogP contribution < -0.4 is 11.1 Å². The third-order valence-electron chi connectivity index (χ3n) is 12.1. The number of rotatable bonds is 7. The molecule has 1 unspecified atom stereocenters. The second kappa shape index (κ2) is 14.0. The summed E-state index contributed by atoms with van der Waals surface area (Å²) in [5.74, 6) is 0. The van der Waals surface area contributed by atoms with Crippen molar-refractivity contribution in [2.75, 3.05) is 0 Å². The maximum Gasteiger partial charge on any atom is 0.0510 e. The minimum atomic E-state index is -0.394. The smallest absolute Gasteiger partial charge is 0.0510 e. The van der Waals surface area contributed by atoms with Crippen molar-refractivity contribution in [3.8, 4) is 11.1 Å². The Labute approximate surface area is 337 Å². The fourth-order valence-corrected chi connectivity index (χ4v) is 9.46. The highest BCUT2D eigenvalue weighted by Crippen LogP contribution is 2.42. The van der Waals surface area contributed by atoms with Crippen LogP contribution in [0.2, 0.25) is 0 Å². The summed E-state index contributed by atoms with van der Waals surface area (Å²) >= 11 is 0. The third-order valence-corrected chi connectivity index (χ3v) is 12.1. The number of hydrogen-bond donors (Lipinski definition) is 2. The van der Waals surface area contributed by atoms with Crippen molar-refractivity contribution in [3.05, 3.63) is 223 Å². The molecule has 58 heavy (non-hydrogen) atoms. The van der Waals surface area contributed by atoms with Crippen molar-refractivity contribution in [1.82, 2.24) is 5.32 Å². The average molecular weight is 741 g/mol. The van der Waals surface area contributed by atoms with E-state index in [9.17, 15) is 0 Å². The van der Waals surface area contributed by atoms with Gasteiger partial charge in [0.05, 0.1) is 6.04 Å². The highest BCUT2D eigenvalue weighted by atomic mass is 14.9. The van der Waals surface area contributed by atoms with Crippen LogP contribution in [-0.2, 0) is 6.54 Å². The van der Waals surface area contributed by atoms with E-state index in [0.29, 0.717) is 6.54 Å². The molecule has 2 nitrogen and oxygen atoms in total. The second-order valence-corrected chi connectivity index (χ2v) is 15.4. The Hall–Kier alpha value is -7.26. The van der Waals surface area contributed by atoms with Crippen LogP contribution in [0.4, 0.5) is 0 Å². The predicted molar refractivity (Wildman–Crippen MR) is 249 cm³/mol. The van der Waals surface area contributed by atoms with E-state index in [0.717, 1.165) is 28.0 Å². The summed E-state index contributed by atoms with van der Waals surface area (Å²) in [4.78, 5) is 0. The molecule has 0 aliphatic heterocycles. The van der Waals surface area contributed by atoms with Crippen LogP contribution >= 0.6 is 0 Å². The van der Waals surface area contributed by atoms with Crippen molar-refractivity contribution >= 4 is 81.1 Å². The zero-order valence-electron chi connectivity index (χ0n) is 32.0. The maximum atomic E-state index is 7.39. The van der Waals surface area contributed by atoms with E-state index in [1.165, 1.54) is 81.0 Å². The molecule has 0 aliphatic rings. The topological polar surface area (TPSA) is 38.0 Å². The average Bonchev–Trinajstić information content (AvgIpc) is 3.29. The monoisotopic (exact) mass is 740 g/mol. The van der Waals surface area contributed by atoms with Crippen molar-refractivity contribution in [2.24, 2.45) is 5.73 Å². The van der Waals surface area contributed by atoms with Crippen LogP contribution in [0, 0.1) is 0 Å². The van der Waals surface area contributed by atoms with Gasteiger partial charge >= 0.3 is 0 Å². The van der Waals surface area contributed by atoms with Gasteiger partial charge in [-0.25, -0.2) is 0 Å². The van der Waals surface area contributed by atoms with Crippen molar-refractivity contribution in [2.45, 2.75) is 12.6 Å². The zero-order valence-corrected chi connectivity index (χ0v) is 32.0. The number of benzene rings is 11. The molecule has 0 aliphatic carbocycles. The normalized spacial score (nSPS) is 12.7. The summed E-state index contributed by atoms with van der Waals surface area (Å²) in [5, 5.41) is 21.5. The third kappa shape index (κ3) is 5.61. The van der Waals surface area contributed by atoms with E-state index in [1.807, 2.05) is 0 Å². The molecule has 11 rings (SSSR count). The molecule has 0 spiro atoms. The largest absolute Gasteiger partial charge is 0.381 e. The summed E-state index contributed by atoms with van der Waals surface area (Å²) in [5.41, 5.74) is 14.2. The molecule has 274 valence electrons. The van der Waals surface area contributed by atoms with Gasteiger partial charge in [-0.3, -0.25) is 0 Å². The molecule has 11 aromatic rings. The van der Waals surface area contributed by atoms with Crippen LogP contribution in [-0.4, -0.2) is 0 Å². The second-order valence-electron chi connectivity index (χ2n) is 15.4. The Kier molecular flexibility index (Phi) is 8.24. The summed E-state index contributed by atoms with van der Waals surface area (Å²) in [7, 11) is 0. The summed E-state index contributed by atoms with van der Waals surface area (Å²) < 4.78 is 0. The number of nitrogens with two attached hydrogens (primary N) is 1. The Morgan fingerprint density at radius 2 is 0.983 bits per heavy atom. The van der Waals surface area contributed by atoms with Crippen LogP contribution in [0.1, 0.15) is 22.7 Å². The molecule has 11 aromatic carbocycles. The van der Waals surface area contributed by atoms with Crippen molar-refractivity contribution < 1.29 is 0 Å². The fourth-order valence-electron chi connectivity index (χ4n) is 9.46. The van der Waals surface area contributed by atoms with Crippen molar-refractivity contribution in [3.63, 3.8) is 0 Å². The number of fused-ring (bicyclic) bond motifs is 12. The summed E-state index contributed by atoms with van der Waals surface area (Å²) in [6.45, 7) is 0.611. The molecule has 0 aromatic heterocycles. The van der Waals surface area contributed by atoms with Gasteiger partial charge in [-0.05, 0) is 116 Å². The fraction of sp³-hybridized carbons (Fsp3) is 0.0357. The lowest BCUT2D eigenvalue weighted by Gasteiger charge is -2.22. The number of hydrogen-bond acceptors (Lipinski definition) is 2. The Bertz CT molecular complexity index is 3420. The molecular weight excluding hydrogens is 701 g/mol. The van der Waals surface area contributed by atoms with E-state index in [2.05, 4.69) is 212 Å². The Balaban J connectivity index is 1.17. The Morgan fingerprint density at radius 3 is 1.74 bits per heavy atom. The number of nitrogens with one attached hydrogen (secondary N) is 1. The first-order valence-electron chi connectivity index (χ1n) is 20.1. The molecule has 0 amide bonds. The zero-order chi connectivity index (χ0) is 38.6. The lowest BCUT2D eigenvalue weighted by atomic mass is 9.87. The SMILES string of the molecule is NC(/C=C(\NCc1c2ccccc2cc2c1ccc1ccccc12)c1cc2c3ccccc3c3ccccc3c2c2ccccc12)c1ccccc1-c1ccccc1. The van der Waals surface area contributed by atoms with E-state index < -0.39 is 6.04 Å². The molecule has 1 atom stereocenters. The lowest BCUT2D eigenvalue weighted by Crippen LogP contribution is -2.17. The van der Waals surface area contributed by atoms with Crippen LogP contribution in [0.25, 0.3) is 92.2 Å². The van der Waals surface area contributed by atoms with Gasteiger partial charge in [-0.2, -0.15) is 0 Å². The van der Waals surface area contributed by atoms with Crippen LogP contribution in [0.5, 0.6) is 0 Å². The first-order chi connectivity index (χ1) is 28.7. The molecule has 0 bridgehead atoms. The highest BCUT2D eigenvalue weighted by molar-refractivity contribution is 6.32. The van der Waals surface area contributed by atoms with Crippen LogP contribution in [0.3, 0.4) is 0 Å². The van der Waals surface area contributed by atoms with Gasteiger partial charge in [0.25, 0.3) is 0 Å². The maximum absolute atomic E-state index is 7.39. The van der Waals surface area contributed by atoms with Gasteiger partial charge in [0.1, 0.15) is 0 Å². The van der Waals surface area contributed by atoms with Gasteiger partial charge in [0, 0.05) is 17.8 Å². The molecule has 0 radical (unpaired) electrons. The van der Waals surface area contributed by atoms with E-state index in [1.54, 1.807) is 0 Å². The van der Waals surface area contributed by atoms with E-state index in [4.69, 9.17) is 5.73 Å². The molecule has 0 heterocycles. The van der Waals surface area contributed by atoms with Gasteiger partial charge in [-0.1, -0.05) is 188 Å². The molecule has 3 N–H and O–H groups in total. The van der Waals surface area contributed by atoms with Gasteiger partial charge in [0.2, 0.25) is 0 Å². The standard InChI is InChI=1S/C56H40N2/c57-54(47-27-13-8-20-39(47)36-16-2-1-3-17-36)34-55(58-35-53-41-22-7-5-19-38(41)32-50-40-21-6-4-18-37(40)30-31-46(50)53)51-33-52-44-25-10-9-23-42(44)43-24-11-14-28-48(43)56(52)49-29-15-12-26-45(49)51/h1-34,54,58H,35,57H2/b55-34-. The first kappa shape index (κ1) is 34.0. The highest BCUT2D eigenvalue weighted by Gasteiger charge is 2.19. The quantitative estimate of drug-likeness (QED) is 0.126. The van der Waals surface area contributed by atoms with Gasteiger partial charge in [-0.15, -0.1) is 0 Å². The molecule has 0 saturated carbocycles. The molecule has 0 fully saturated rings. The van der Waals surface area contributed by atoms with Gasteiger partial charge < -0.3 is 11.1 Å². The van der Waals surface area contributed by atoms with Crippen molar-refractivity contribution in [1.29, 1.82) is 0 Å². The Morgan fingerprint density at radius 1 is 0.431 bits per heavy atom. The molecule has 2 heteroatoms. The molecular formula is C56H40N2. The van der Waals surface area contributed by atoms with E-state index in [-0.39, 0.29) is 0 Å². The molecule has 0 saturated heterocycles. The van der Waals surface area contributed by atoms with Gasteiger partial charge in [0.15, 0.2) is 0 Å².